The maximum Gasteiger partial charge on any atom is 0.273 e. The lowest BCUT2D eigenvalue weighted by Gasteiger charge is -2.10. The molecule has 0 saturated heterocycles. The molecule has 0 saturated carbocycles. The molecule has 0 fully saturated rings. The topological polar surface area (TPSA) is 101 Å². The summed E-state index contributed by atoms with van der Waals surface area (Å²) >= 11 is 0. The minimum atomic E-state index is -0.203. The van der Waals surface area contributed by atoms with E-state index in [1.165, 1.54) is 0 Å². The molecular weight excluding hydrogens is 426 g/mol. The number of H-pyrrole nitrogens is 1. The fourth-order valence-corrected chi connectivity index (χ4v) is 3.74. The molecule has 0 atom stereocenters. The van der Waals surface area contributed by atoms with Crippen LogP contribution in [0.5, 0.6) is 0 Å². The van der Waals surface area contributed by atoms with Crippen LogP contribution < -0.4 is 10.6 Å². The fraction of sp³-hybridized carbons (Fsp3) is 0.0769. The summed E-state index contributed by atoms with van der Waals surface area (Å²) in [4.78, 5) is 16.9. The Hall–Kier alpha value is -4.72. The molecular formula is C26H23N7O. The quantitative estimate of drug-likeness (QED) is 0.332. The molecule has 1 amide bonds. The lowest BCUT2D eigenvalue weighted by atomic mass is 10.1. The van der Waals surface area contributed by atoms with Crippen LogP contribution in [0.3, 0.4) is 0 Å². The number of benzene rings is 2. The molecule has 5 aromatic rings. The summed E-state index contributed by atoms with van der Waals surface area (Å²) in [6.45, 7) is 1.86. The van der Waals surface area contributed by atoms with E-state index in [0.717, 1.165) is 39.4 Å². The third kappa shape index (κ3) is 4.56. The number of hydrogen-bond acceptors (Lipinski definition) is 5. The summed E-state index contributed by atoms with van der Waals surface area (Å²) in [5.41, 5.74) is 6.40. The van der Waals surface area contributed by atoms with E-state index in [1.807, 2.05) is 79.7 Å². The number of fused-ring (bicyclic) bond motifs is 1. The molecule has 2 aromatic carbocycles. The van der Waals surface area contributed by atoms with Gasteiger partial charge in [0.2, 0.25) is 0 Å². The third-order valence-electron chi connectivity index (χ3n) is 5.34. The summed E-state index contributed by atoms with van der Waals surface area (Å²) in [5.74, 6) is -0.203. The number of hydrogen-bond donors (Lipinski definition) is 3. The van der Waals surface area contributed by atoms with Crippen molar-refractivity contribution in [2.75, 3.05) is 10.6 Å². The standard InChI is InChI=1S/C26H23N7O/c1-17-14-25(33(2)32-17)26(34)29-20-8-5-7-19(15-20)28-21-9-11-22-23(30-31-24(22)16-21)12-10-18-6-3-4-13-27-18/h3-16,28H,1-2H3,(H,29,34)(H,30,31)/b12-10+. The number of carbonyl (C=O) groups excluding carboxylic acids is 1. The van der Waals surface area contributed by atoms with Crippen molar-refractivity contribution in [3.8, 4) is 0 Å². The smallest absolute Gasteiger partial charge is 0.273 e. The Bertz CT molecular complexity index is 1500. The van der Waals surface area contributed by atoms with Crippen LogP contribution in [0.2, 0.25) is 0 Å². The van der Waals surface area contributed by atoms with Crippen LogP contribution in [0.25, 0.3) is 23.1 Å². The second-order valence-electron chi connectivity index (χ2n) is 7.91. The van der Waals surface area contributed by atoms with E-state index in [-0.39, 0.29) is 5.91 Å². The predicted octanol–water partition coefficient (Wildman–Crippen LogP) is 5.17. The van der Waals surface area contributed by atoms with Gasteiger partial charge in [0.25, 0.3) is 5.91 Å². The van der Waals surface area contributed by atoms with Gasteiger partial charge in [0, 0.05) is 35.7 Å². The maximum absolute atomic E-state index is 12.6. The highest BCUT2D eigenvalue weighted by Gasteiger charge is 2.12. The first kappa shape index (κ1) is 21.1. The number of aromatic nitrogens is 5. The summed E-state index contributed by atoms with van der Waals surface area (Å²) in [5, 5.41) is 19.1. The van der Waals surface area contributed by atoms with Gasteiger partial charge < -0.3 is 10.6 Å². The molecule has 3 aromatic heterocycles. The van der Waals surface area contributed by atoms with E-state index in [9.17, 15) is 4.79 Å². The van der Waals surface area contributed by atoms with Crippen molar-refractivity contribution in [1.82, 2.24) is 25.0 Å². The van der Waals surface area contributed by atoms with Gasteiger partial charge in [0.1, 0.15) is 5.69 Å². The summed E-state index contributed by atoms with van der Waals surface area (Å²) in [7, 11) is 1.76. The zero-order valence-corrected chi connectivity index (χ0v) is 18.8. The predicted molar refractivity (Wildman–Crippen MR) is 135 cm³/mol. The zero-order valence-electron chi connectivity index (χ0n) is 18.8. The molecule has 3 heterocycles. The van der Waals surface area contributed by atoms with E-state index in [4.69, 9.17) is 0 Å². The number of nitrogens with one attached hydrogen (secondary N) is 3. The minimum absolute atomic E-state index is 0.203. The molecule has 0 radical (unpaired) electrons. The van der Waals surface area contributed by atoms with Crippen molar-refractivity contribution in [2.24, 2.45) is 7.05 Å². The SMILES string of the molecule is Cc1cc(C(=O)Nc2cccc(Nc3ccc4c(/C=C/c5ccccn5)n[nH]c4c3)c2)n(C)n1. The van der Waals surface area contributed by atoms with Gasteiger partial charge in [0.15, 0.2) is 0 Å². The van der Waals surface area contributed by atoms with E-state index < -0.39 is 0 Å². The Morgan fingerprint density at radius 2 is 1.82 bits per heavy atom. The van der Waals surface area contributed by atoms with Gasteiger partial charge in [-0.25, -0.2) is 0 Å². The van der Waals surface area contributed by atoms with Crippen LogP contribution in [-0.4, -0.2) is 30.9 Å². The van der Waals surface area contributed by atoms with Gasteiger partial charge in [-0.05, 0) is 73.7 Å². The Balaban J connectivity index is 1.31. The molecule has 0 aliphatic heterocycles. The maximum atomic E-state index is 12.6. The van der Waals surface area contributed by atoms with Crippen LogP contribution in [0.4, 0.5) is 17.1 Å². The van der Waals surface area contributed by atoms with E-state index in [1.54, 1.807) is 24.0 Å². The molecule has 0 aliphatic carbocycles. The number of rotatable bonds is 6. The Morgan fingerprint density at radius 1 is 0.971 bits per heavy atom. The number of aryl methyl sites for hydroxylation is 2. The fourth-order valence-electron chi connectivity index (χ4n) is 3.74. The second-order valence-corrected chi connectivity index (χ2v) is 7.91. The average molecular weight is 450 g/mol. The van der Waals surface area contributed by atoms with Gasteiger partial charge in [-0.3, -0.25) is 19.6 Å². The number of carbonyl (C=O) groups is 1. The largest absolute Gasteiger partial charge is 0.355 e. The van der Waals surface area contributed by atoms with Crippen molar-refractivity contribution in [3.05, 3.63) is 95.7 Å². The number of amides is 1. The summed E-state index contributed by atoms with van der Waals surface area (Å²) < 4.78 is 1.58. The number of anilines is 3. The highest BCUT2D eigenvalue weighted by atomic mass is 16.2. The molecule has 168 valence electrons. The lowest BCUT2D eigenvalue weighted by molar-refractivity contribution is 0.101. The van der Waals surface area contributed by atoms with Gasteiger partial charge in [-0.15, -0.1) is 0 Å². The van der Waals surface area contributed by atoms with E-state index >= 15 is 0 Å². The third-order valence-corrected chi connectivity index (χ3v) is 5.34. The minimum Gasteiger partial charge on any atom is -0.355 e. The molecule has 0 unspecified atom stereocenters. The molecule has 8 nitrogen and oxygen atoms in total. The van der Waals surface area contributed by atoms with Crippen LogP contribution >= 0.6 is 0 Å². The van der Waals surface area contributed by atoms with Crippen LogP contribution in [0.1, 0.15) is 27.6 Å². The monoisotopic (exact) mass is 449 g/mol. The van der Waals surface area contributed by atoms with Crippen LogP contribution in [0.15, 0.2) is 72.9 Å². The summed E-state index contributed by atoms with van der Waals surface area (Å²) in [6.07, 6.45) is 5.65. The van der Waals surface area contributed by atoms with E-state index in [0.29, 0.717) is 11.4 Å². The Morgan fingerprint density at radius 3 is 2.62 bits per heavy atom. The molecule has 34 heavy (non-hydrogen) atoms. The first-order valence-electron chi connectivity index (χ1n) is 10.8. The Labute approximate surface area is 196 Å². The molecule has 3 N–H and O–H groups in total. The highest BCUT2D eigenvalue weighted by molar-refractivity contribution is 6.03. The molecule has 5 rings (SSSR count). The first-order valence-corrected chi connectivity index (χ1v) is 10.8. The summed E-state index contributed by atoms with van der Waals surface area (Å²) in [6, 6.07) is 21.2. The van der Waals surface area contributed by atoms with Gasteiger partial charge in [-0.2, -0.15) is 10.2 Å². The van der Waals surface area contributed by atoms with Crippen molar-refractivity contribution in [2.45, 2.75) is 6.92 Å². The normalized spacial score (nSPS) is 11.2. The van der Waals surface area contributed by atoms with Crippen molar-refractivity contribution >= 4 is 46.0 Å². The van der Waals surface area contributed by atoms with Crippen molar-refractivity contribution in [3.63, 3.8) is 0 Å². The van der Waals surface area contributed by atoms with Crippen molar-refractivity contribution < 1.29 is 4.79 Å². The first-order chi connectivity index (χ1) is 16.5. The second kappa shape index (κ2) is 9.03. The van der Waals surface area contributed by atoms with Gasteiger partial charge >= 0.3 is 0 Å². The van der Waals surface area contributed by atoms with Crippen molar-refractivity contribution in [1.29, 1.82) is 0 Å². The molecule has 0 spiro atoms. The molecule has 8 heteroatoms. The number of pyridine rings is 1. The number of aromatic amines is 1. The highest BCUT2D eigenvalue weighted by Crippen LogP contribution is 2.25. The van der Waals surface area contributed by atoms with Crippen LogP contribution in [-0.2, 0) is 7.05 Å². The number of nitrogens with zero attached hydrogens (tertiary/aromatic N) is 4. The lowest BCUT2D eigenvalue weighted by Crippen LogP contribution is -2.16. The zero-order chi connectivity index (χ0) is 23.5. The van der Waals surface area contributed by atoms with Gasteiger partial charge in [0.05, 0.1) is 22.6 Å². The molecule has 0 bridgehead atoms. The average Bonchev–Trinajstić information content (AvgIpc) is 3.40. The van der Waals surface area contributed by atoms with Gasteiger partial charge in [-0.1, -0.05) is 12.1 Å². The molecule has 0 aliphatic rings. The van der Waals surface area contributed by atoms with E-state index in [2.05, 4.69) is 30.9 Å². The van der Waals surface area contributed by atoms with Crippen LogP contribution in [0, 0.1) is 6.92 Å². The Kier molecular flexibility index (Phi) is 5.61.